The zero-order valence-electron chi connectivity index (χ0n) is 21.0. The molecule has 1 aromatic heterocycles. The number of nitrogens with zero attached hydrogens (tertiary/aromatic N) is 4. The van der Waals surface area contributed by atoms with Crippen molar-refractivity contribution in [3.63, 3.8) is 0 Å². The minimum absolute atomic E-state index is 0.0518. The number of carbonyl (C=O) groups is 1. The van der Waals surface area contributed by atoms with Crippen molar-refractivity contribution in [3.8, 4) is 11.5 Å². The smallest absolute Gasteiger partial charge is 0.305 e. The van der Waals surface area contributed by atoms with Crippen LogP contribution in [0.4, 0.5) is 15.8 Å². The van der Waals surface area contributed by atoms with E-state index in [2.05, 4.69) is 10.00 Å². The normalized spacial score (nSPS) is 20.3. The Balaban J connectivity index is 1.19. The first-order valence-corrected chi connectivity index (χ1v) is 12.9. The molecule has 9 heteroatoms. The van der Waals surface area contributed by atoms with Crippen molar-refractivity contribution in [1.29, 1.82) is 0 Å². The molecule has 3 heterocycles. The molecule has 37 heavy (non-hydrogen) atoms. The molecule has 2 aliphatic heterocycles. The van der Waals surface area contributed by atoms with Gasteiger partial charge in [0, 0.05) is 62.7 Å². The van der Waals surface area contributed by atoms with Gasteiger partial charge >= 0.3 is 5.97 Å². The molecule has 2 atom stereocenters. The lowest BCUT2D eigenvalue weighted by Crippen LogP contribution is -2.38. The fourth-order valence-electron chi connectivity index (χ4n) is 5.41. The number of carboxylic acid groups (broad SMARTS) is 1. The Morgan fingerprint density at radius 1 is 1.14 bits per heavy atom. The standard InChI is InChI=1S/C28H33FN4O4/c1-2-36-25-8-9-26(29)27(18-25)31-14-10-24(11-15-31)37-23-6-4-20(5-7-23)32-19-22(33-13-3-12-30-33)16-21(32)17-28(34)35/h3-9,12-13,18,21-22,24H,2,10-11,14-17,19H2,1H3,(H,34,35)/t21-,22-/m1/s1. The molecule has 0 bridgehead atoms. The van der Waals surface area contributed by atoms with E-state index in [-0.39, 0.29) is 30.4 Å². The number of anilines is 2. The zero-order valence-corrected chi connectivity index (χ0v) is 21.0. The monoisotopic (exact) mass is 508 g/mol. The number of piperidine rings is 1. The molecule has 2 aromatic carbocycles. The van der Waals surface area contributed by atoms with Gasteiger partial charge < -0.3 is 24.4 Å². The van der Waals surface area contributed by atoms with Gasteiger partial charge in [0.25, 0.3) is 0 Å². The number of rotatable bonds is 9. The second kappa shape index (κ2) is 11.1. The van der Waals surface area contributed by atoms with Gasteiger partial charge in [-0.2, -0.15) is 5.10 Å². The van der Waals surface area contributed by atoms with Crippen LogP contribution in [0.5, 0.6) is 11.5 Å². The SMILES string of the molecule is CCOc1ccc(F)c(N2CCC(Oc3ccc(N4C[C@H](n5cccn5)C[C@@H]4CC(=O)O)cc3)CC2)c1. The molecule has 2 fully saturated rings. The number of hydrogen-bond donors (Lipinski definition) is 1. The van der Waals surface area contributed by atoms with Gasteiger partial charge in [-0.1, -0.05) is 0 Å². The first-order chi connectivity index (χ1) is 18.0. The minimum atomic E-state index is -0.799. The van der Waals surface area contributed by atoms with Crippen LogP contribution in [0.15, 0.2) is 60.9 Å². The molecule has 0 amide bonds. The fourth-order valence-corrected chi connectivity index (χ4v) is 5.41. The first-order valence-electron chi connectivity index (χ1n) is 12.9. The predicted molar refractivity (Wildman–Crippen MR) is 139 cm³/mol. The summed E-state index contributed by atoms with van der Waals surface area (Å²) in [5.41, 5.74) is 1.55. The third kappa shape index (κ3) is 5.81. The Hall–Kier alpha value is -3.75. The van der Waals surface area contributed by atoms with Crippen LogP contribution in [0.2, 0.25) is 0 Å². The highest BCUT2D eigenvalue weighted by Gasteiger charge is 2.35. The molecule has 3 aromatic rings. The van der Waals surface area contributed by atoms with E-state index in [9.17, 15) is 14.3 Å². The molecule has 5 rings (SSSR count). The van der Waals surface area contributed by atoms with E-state index in [0.29, 0.717) is 37.7 Å². The second-order valence-electron chi connectivity index (χ2n) is 9.62. The maximum absolute atomic E-state index is 14.4. The lowest BCUT2D eigenvalue weighted by atomic mass is 10.1. The van der Waals surface area contributed by atoms with E-state index in [1.54, 1.807) is 18.3 Å². The van der Waals surface area contributed by atoms with Crippen molar-refractivity contribution >= 4 is 17.3 Å². The van der Waals surface area contributed by atoms with Crippen LogP contribution in [0.1, 0.15) is 38.6 Å². The van der Waals surface area contributed by atoms with E-state index in [4.69, 9.17) is 9.47 Å². The van der Waals surface area contributed by atoms with Crippen LogP contribution in [0, 0.1) is 5.82 Å². The van der Waals surface area contributed by atoms with Crippen molar-refractivity contribution in [1.82, 2.24) is 9.78 Å². The molecule has 2 aliphatic rings. The fraction of sp³-hybridized carbons (Fsp3) is 0.429. The zero-order chi connectivity index (χ0) is 25.8. The van der Waals surface area contributed by atoms with Gasteiger partial charge in [0.05, 0.1) is 24.8 Å². The molecule has 0 spiro atoms. The van der Waals surface area contributed by atoms with E-state index in [1.165, 1.54) is 6.07 Å². The van der Waals surface area contributed by atoms with Gasteiger partial charge in [0.1, 0.15) is 23.4 Å². The average Bonchev–Trinajstić information content (AvgIpc) is 3.57. The highest BCUT2D eigenvalue weighted by atomic mass is 19.1. The van der Waals surface area contributed by atoms with Gasteiger partial charge in [-0.25, -0.2) is 4.39 Å². The van der Waals surface area contributed by atoms with Gasteiger partial charge in [-0.15, -0.1) is 0 Å². The molecule has 1 N–H and O–H groups in total. The van der Waals surface area contributed by atoms with Crippen molar-refractivity contribution < 1.29 is 23.8 Å². The van der Waals surface area contributed by atoms with Crippen LogP contribution in [0.3, 0.4) is 0 Å². The Morgan fingerprint density at radius 2 is 1.89 bits per heavy atom. The largest absolute Gasteiger partial charge is 0.494 e. The Morgan fingerprint density at radius 3 is 2.57 bits per heavy atom. The highest BCUT2D eigenvalue weighted by Crippen LogP contribution is 2.35. The summed E-state index contributed by atoms with van der Waals surface area (Å²) in [7, 11) is 0. The van der Waals surface area contributed by atoms with Crippen LogP contribution < -0.4 is 19.3 Å². The molecule has 0 radical (unpaired) electrons. The molecule has 8 nitrogen and oxygen atoms in total. The molecule has 196 valence electrons. The summed E-state index contributed by atoms with van der Waals surface area (Å²) in [4.78, 5) is 15.7. The van der Waals surface area contributed by atoms with E-state index in [0.717, 1.165) is 30.7 Å². The van der Waals surface area contributed by atoms with Crippen molar-refractivity contribution in [2.45, 2.75) is 50.8 Å². The van der Waals surface area contributed by atoms with Crippen LogP contribution in [-0.4, -0.2) is 59.2 Å². The van der Waals surface area contributed by atoms with Crippen LogP contribution in [-0.2, 0) is 4.79 Å². The van der Waals surface area contributed by atoms with Gasteiger partial charge in [0.15, 0.2) is 0 Å². The van der Waals surface area contributed by atoms with Crippen molar-refractivity contribution in [2.24, 2.45) is 0 Å². The number of benzene rings is 2. The van der Waals surface area contributed by atoms with Gasteiger partial charge in [-0.05, 0) is 55.8 Å². The molecule has 0 saturated carbocycles. The van der Waals surface area contributed by atoms with Gasteiger partial charge in [-0.3, -0.25) is 9.48 Å². The Kier molecular flexibility index (Phi) is 7.48. The van der Waals surface area contributed by atoms with Crippen LogP contribution in [0.25, 0.3) is 0 Å². The summed E-state index contributed by atoms with van der Waals surface area (Å²) in [6.07, 6.45) is 6.13. The predicted octanol–water partition coefficient (Wildman–Crippen LogP) is 4.76. The number of ether oxygens (including phenoxy) is 2. The molecular weight excluding hydrogens is 475 g/mol. The Labute approximate surface area is 216 Å². The van der Waals surface area contributed by atoms with Crippen molar-refractivity contribution in [3.05, 3.63) is 66.7 Å². The lowest BCUT2D eigenvalue weighted by Gasteiger charge is -2.34. The summed E-state index contributed by atoms with van der Waals surface area (Å²) in [6, 6.07) is 14.7. The Bertz CT molecular complexity index is 1180. The third-order valence-electron chi connectivity index (χ3n) is 7.18. The van der Waals surface area contributed by atoms with E-state index in [1.807, 2.05) is 53.0 Å². The summed E-state index contributed by atoms with van der Waals surface area (Å²) in [5, 5.41) is 13.8. The lowest BCUT2D eigenvalue weighted by molar-refractivity contribution is -0.137. The molecular formula is C28H33FN4O4. The number of aliphatic carboxylic acids is 1. The summed E-state index contributed by atoms with van der Waals surface area (Å²) >= 11 is 0. The quantitative estimate of drug-likeness (QED) is 0.446. The average molecular weight is 509 g/mol. The number of halogens is 1. The van der Waals surface area contributed by atoms with Gasteiger partial charge in [0.2, 0.25) is 0 Å². The van der Waals surface area contributed by atoms with Crippen LogP contribution >= 0.6 is 0 Å². The molecule has 2 saturated heterocycles. The topological polar surface area (TPSA) is 80.1 Å². The maximum Gasteiger partial charge on any atom is 0.305 e. The van der Waals surface area contributed by atoms with E-state index >= 15 is 0 Å². The second-order valence-corrected chi connectivity index (χ2v) is 9.62. The number of hydrogen-bond acceptors (Lipinski definition) is 6. The minimum Gasteiger partial charge on any atom is -0.494 e. The summed E-state index contributed by atoms with van der Waals surface area (Å²) < 4.78 is 28.1. The third-order valence-corrected chi connectivity index (χ3v) is 7.18. The molecule has 0 unspecified atom stereocenters. The maximum atomic E-state index is 14.4. The molecule has 0 aliphatic carbocycles. The first kappa shape index (κ1) is 24.9. The summed E-state index contributed by atoms with van der Waals surface area (Å²) in [5.74, 6) is 0.421. The van der Waals surface area contributed by atoms with Crippen molar-refractivity contribution in [2.75, 3.05) is 36.0 Å². The highest BCUT2D eigenvalue weighted by molar-refractivity contribution is 5.69. The van der Waals surface area contributed by atoms with E-state index < -0.39 is 5.97 Å². The number of carboxylic acids is 1. The summed E-state index contributed by atoms with van der Waals surface area (Å²) in [6.45, 7) is 4.57. The number of aromatic nitrogens is 2.